The molecule has 0 aliphatic heterocycles. The molecule has 3 aromatic rings. The van der Waals surface area contributed by atoms with Gasteiger partial charge in [0.25, 0.3) is 0 Å². The molecule has 1 fully saturated rings. The van der Waals surface area contributed by atoms with E-state index in [0.29, 0.717) is 28.6 Å². The van der Waals surface area contributed by atoms with Crippen LogP contribution >= 0.6 is 0 Å². The maximum Gasteiger partial charge on any atom is 0.244 e. The quantitative estimate of drug-likeness (QED) is 0.236. The summed E-state index contributed by atoms with van der Waals surface area (Å²) in [5, 5.41) is 7.88. The van der Waals surface area contributed by atoms with Crippen molar-refractivity contribution in [1.82, 2.24) is 5.48 Å². The first-order valence-corrected chi connectivity index (χ1v) is 14.3. The Kier molecular flexibility index (Phi) is 9.32. The summed E-state index contributed by atoms with van der Waals surface area (Å²) in [6, 6.07) is 18.6. The lowest BCUT2D eigenvalue weighted by molar-refractivity contribution is -0.129. The first-order chi connectivity index (χ1) is 18.8. The van der Waals surface area contributed by atoms with E-state index in [4.69, 9.17) is 18.9 Å². The summed E-state index contributed by atoms with van der Waals surface area (Å²) in [7, 11) is -1.17. The minimum atomic E-state index is -4.15. The number of carbonyl (C=O) groups is 1. The predicted molar refractivity (Wildman–Crippen MR) is 144 cm³/mol. The Morgan fingerprint density at radius 3 is 2.26 bits per heavy atom. The normalized spacial score (nSPS) is 14.4. The molecule has 0 heterocycles. The molecule has 0 radical (unpaired) electrons. The van der Waals surface area contributed by atoms with Gasteiger partial charge in [-0.1, -0.05) is 36.4 Å². The zero-order valence-electron chi connectivity index (χ0n) is 22.0. The molecular weight excluding hydrogens is 522 g/mol. The third-order valence-corrected chi connectivity index (χ3v) is 8.83. The molecule has 10 heteroatoms. The van der Waals surface area contributed by atoms with Crippen LogP contribution in [0, 0.1) is 0 Å². The highest BCUT2D eigenvalue weighted by Gasteiger charge is 2.33. The van der Waals surface area contributed by atoms with E-state index in [1.807, 2.05) is 30.3 Å². The van der Waals surface area contributed by atoms with Crippen LogP contribution in [0.1, 0.15) is 48.5 Å². The number of amides is 1. The van der Waals surface area contributed by atoms with Gasteiger partial charge in [-0.3, -0.25) is 10.0 Å². The van der Waals surface area contributed by atoms with Crippen LogP contribution in [0.3, 0.4) is 0 Å². The summed E-state index contributed by atoms with van der Waals surface area (Å²) >= 11 is 0. The van der Waals surface area contributed by atoms with Gasteiger partial charge in [0, 0.05) is 12.5 Å². The second-order valence-corrected chi connectivity index (χ2v) is 11.4. The number of hydroxylamine groups is 1. The second-order valence-electron chi connectivity index (χ2n) is 9.29. The predicted octanol–water partition coefficient (Wildman–Crippen LogP) is 5.01. The number of sulfone groups is 1. The third kappa shape index (κ3) is 6.82. The standard InChI is InChI=1S/C29H33NO8S/c1-35-24-14-12-21(16-26(24)37-19-20-8-4-3-5-9-20)28(18-29(31)30-32)39(33,34)23-13-15-25(36-2)27(17-23)38-22-10-6-7-11-22/h3-5,8-9,12-17,22,28,32H,6-7,10-11,18-19H2,1-2H3,(H,30,31). The molecule has 1 saturated carbocycles. The maximum absolute atomic E-state index is 14.0. The number of ether oxygens (including phenoxy) is 4. The summed E-state index contributed by atoms with van der Waals surface area (Å²) in [5.74, 6) is 0.642. The number of rotatable bonds is 12. The van der Waals surface area contributed by atoms with Crippen molar-refractivity contribution in [2.45, 2.75) is 55.0 Å². The first-order valence-electron chi connectivity index (χ1n) is 12.7. The minimum Gasteiger partial charge on any atom is -0.493 e. The van der Waals surface area contributed by atoms with Crippen molar-refractivity contribution in [3.05, 3.63) is 77.9 Å². The summed E-state index contributed by atoms with van der Waals surface area (Å²) < 4.78 is 50.9. The Labute approximate surface area is 228 Å². The van der Waals surface area contributed by atoms with Crippen LogP contribution in [0.5, 0.6) is 23.0 Å². The Balaban J connectivity index is 1.70. The van der Waals surface area contributed by atoms with E-state index >= 15 is 0 Å². The molecule has 0 spiro atoms. The lowest BCUT2D eigenvalue weighted by Gasteiger charge is -2.21. The fourth-order valence-corrected chi connectivity index (χ4v) is 6.37. The van der Waals surface area contributed by atoms with Gasteiger partial charge in [0.15, 0.2) is 32.8 Å². The van der Waals surface area contributed by atoms with Crippen molar-refractivity contribution in [3.8, 4) is 23.0 Å². The zero-order chi connectivity index (χ0) is 27.8. The Morgan fingerprint density at radius 1 is 0.923 bits per heavy atom. The van der Waals surface area contributed by atoms with Gasteiger partial charge in [0.05, 0.1) is 30.5 Å². The molecule has 1 aliphatic carbocycles. The minimum absolute atomic E-state index is 0.0151. The molecule has 2 N–H and O–H groups in total. The van der Waals surface area contributed by atoms with Crippen molar-refractivity contribution >= 4 is 15.7 Å². The molecule has 1 aliphatic rings. The van der Waals surface area contributed by atoms with Gasteiger partial charge >= 0.3 is 0 Å². The fraction of sp³-hybridized carbons (Fsp3) is 0.345. The van der Waals surface area contributed by atoms with Crippen LogP contribution in [0.15, 0.2) is 71.6 Å². The van der Waals surface area contributed by atoms with Crippen LogP contribution in [0.25, 0.3) is 0 Å². The summed E-state index contributed by atoms with van der Waals surface area (Å²) in [6.07, 6.45) is 3.34. The summed E-state index contributed by atoms with van der Waals surface area (Å²) in [4.78, 5) is 12.2. The van der Waals surface area contributed by atoms with E-state index in [9.17, 15) is 18.4 Å². The Bertz CT molecular complexity index is 1370. The van der Waals surface area contributed by atoms with Gasteiger partial charge in [-0.25, -0.2) is 13.9 Å². The van der Waals surface area contributed by atoms with Gasteiger partial charge in [0.1, 0.15) is 6.61 Å². The lowest BCUT2D eigenvalue weighted by Crippen LogP contribution is -2.25. The van der Waals surface area contributed by atoms with Gasteiger partial charge in [-0.05, 0) is 61.1 Å². The lowest BCUT2D eigenvalue weighted by atomic mass is 10.1. The average molecular weight is 556 g/mol. The molecule has 3 aromatic carbocycles. The van der Waals surface area contributed by atoms with Crippen LogP contribution in [-0.2, 0) is 21.2 Å². The van der Waals surface area contributed by atoms with Gasteiger partial charge in [-0.15, -0.1) is 0 Å². The highest BCUT2D eigenvalue weighted by atomic mass is 32.2. The number of methoxy groups -OCH3 is 2. The Hall–Kier alpha value is -3.76. The smallest absolute Gasteiger partial charge is 0.244 e. The second kappa shape index (κ2) is 12.9. The molecule has 4 rings (SSSR count). The highest BCUT2D eigenvalue weighted by Crippen LogP contribution is 2.40. The van der Waals surface area contributed by atoms with E-state index in [-0.39, 0.29) is 17.6 Å². The third-order valence-electron chi connectivity index (χ3n) is 6.73. The SMILES string of the molecule is COc1ccc(C(CC(=O)NO)S(=O)(=O)c2ccc(OC)c(OC3CCCC3)c2)cc1OCc1ccccc1. The van der Waals surface area contributed by atoms with E-state index in [1.54, 1.807) is 29.7 Å². The molecule has 0 saturated heterocycles. The molecule has 208 valence electrons. The van der Waals surface area contributed by atoms with E-state index in [0.717, 1.165) is 31.2 Å². The molecule has 9 nitrogen and oxygen atoms in total. The molecule has 0 aromatic heterocycles. The number of nitrogens with one attached hydrogen (secondary N) is 1. The van der Waals surface area contributed by atoms with Crippen molar-refractivity contribution < 1.29 is 37.4 Å². The Morgan fingerprint density at radius 2 is 1.59 bits per heavy atom. The maximum atomic E-state index is 14.0. The molecule has 39 heavy (non-hydrogen) atoms. The van der Waals surface area contributed by atoms with Crippen LogP contribution in [-0.4, -0.2) is 39.9 Å². The van der Waals surface area contributed by atoms with Gasteiger partial charge < -0.3 is 18.9 Å². The van der Waals surface area contributed by atoms with Crippen LogP contribution in [0.4, 0.5) is 0 Å². The summed E-state index contributed by atoms with van der Waals surface area (Å²) in [6.45, 7) is 0.232. The molecular formula is C29H33NO8S. The van der Waals surface area contributed by atoms with Crippen molar-refractivity contribution in [2.24, 2.45) is 0 Å². The summed E-state index contributed by atoms with van der Waals surface area (Å²) in [5.41, 5.74) is 2.77. The topological polar surface area (TPSA) is 120 Å². The van der Waals surface area contributed by atoms with Gasteiger partial charge in [0.2, 0.25) is 5.91 Å². The highest BCUT2D eigenvalue weighted by molar-refractivity contribution is 7.91. The molecule has 1 amide bonds. The van der Waals surface area contributed by atoms with Gasteiger partial charge in [-0.2, -0.15) is 0 Å². The zero-order valence-corrected chi connectivity index (χ0v) is 22.8. The molecule has 1 atom stereocenters. The number of carbonyl (C=O) groups excluding carboxylic acids is 1. The van der Waals surface area contributed by atoms with Crippen molar-refractivity contribution in [2.75, 3.05) is 14.2 Å². The average Bonchev–Trinajstić information content (AvgIpc) is 3.48. The number of hydrogen-bond acceptors (Lipinski definition) is 8. The largest absolute Gasteiger partial charge is 0.493 e. The van der Waals surface area contributed by atoms with Crippen molar-refractivity contribution in [1.29, 1.82) is 0 Å². The monoisotopic (exact) mass is 555 g/mol. The number of hydrogen-bond donors (Lipinski definition) is 2. The van der Waals surface area contributed by atoms with Crippen molar-refractivity contribution in [3.63, 3.8) is 0 Å². The first kappa shape index (κ1) is 28.3. The molecule has 1 unspecified atom stereocenters. The van der Waals surface area contributed by atoms with Crippen LogP contribution in [0.2, 0.25) is 0 Å². The van der Waals surface area contributed by atoms with E-state index < -0.39 is 27.4 Å². The van der Waals surface area contributed by atoms with Crippen LogP contribution < -0.4 is 24.4 Å². The number of benzene rings is 3. The fourth-order valence-electron chi connectivity index (χ4n) is 4.64. The van der Waals surface area contributed by atoms with E-state index in [1.165, 1.54) is 26.4 Å². The van der Waals surface area contributed by atoms with E-state index in [2.05, 4.69) is 0 Å². The molecule has 0 bridgehead atoms.